The first kappa shape index (κ1) is 46.3. The Morgan fingerprint density at radius 2 is 1.65 bits per heavy atom. The van der Waals surface area contributed by atoms with Crippen LogP contribution in [0.5, 0.6) is 5.75 Å². The predicted molar refractivity (Wildman–Crippen MR) is 257 cm³/mol. The van der Waals surface area contributed by atoms with Crippen LogP contribution in [0.2, 0.25) is 5.02 Å². The van der Waals surface area contributed by atoms with Crippen LogP contribution in [-0.2, 0) is 39.3 Å². The van der Waals surface area contributed by atoms with Gasteiger partial charge in [-0.05, 0) is 85.0 Å². The second-order valence-corrected chi connectivity index (χ2v) is 17.9. The van der Waals surface area contributed by atoms with Gasteiger partial charge in [0, 0.05) is 107 Å². The van der Waals surface area contributed by atoms with E-state index >= 15 is 0 Å². The number of piperazine rings is 1. The summed E-state index contributed by atoms with van der Waals surface area (Å²) < 4.78 is 13.4. The van der Waals surface area contributed by atoms with E-state index in [2.05, 4.69) is 59.6 Å². The number of fused-ring (bicyclic) bond motifs is 2. The number of aromatic nitrogens is 3. The Labute approximate surface area is 398 Å². The third kappa shape index (κ3) is 10.6. The summed E-state index contributed by atoms with van der Waals surface area (Å²) in [4.78, 5) is 79.5. The molecule has 2 aromatic heterocycles. The summed E-state index contributed by atoms with van der Waals surface area (Å²) in [6.45, 7) is 7.97. The number of nitrogens with one attached hydrogen (secondary N) is 3. The molecular formula is C50H53ClN10O7. The molecule has 1 atom stereocenters. The topological polar surface area (TPSA) is 184 Å². The zero-order chi connectivity index (χ0) is 47.3. The molecule has 17 nitrogen and oxygen atoms in total. The summed E-state index contributed by atoms with van der Waals surface area (Å²) in [6, 6.07) is 20.4. The lowest BCUT2D eigenvalue weighted by molar-refractivity contribution is -0.137. The summed E-state index contributed by atoms with van der Waals surface area (Å²) in [5, 5.41) is 9.25. The quantitative estimate of drug-likeness (QED) is 0.115. The Kier molecular flexibility index (Phi) is 14.0. The number of nitrogens with zero attached hydrogens (tertiary/aromatic N) is 7. The van der Waals surface area contributed by atoms with E-state index in [1.54, 1.807) is 30.3 Å². The van der Waals surface area contributed by atoms with E-state index in [9.17, 15) is 24.0 Å². The first-order valence-electron chi connectivity index (χ1n) is 22.9. The number of anilines is 3. The van der Waals surface area contributed by atoms with Crippen LogP contribution in [0.25, 0.3) is 10.9 Å². The Morgan fingerprint density at radius 1 is 0.897 bits per heavy atom. The number of aryl methyl sites for hydroxylation is 1. The van der Waals surface area contributed by atoms with Crippen molar-refractivity contribution in [2.45, 2.75) is 50.9 Å². The molecule has 352 valence electrons. The van der Waals surface area contributed by atoms with E-state index < -0.39 is 11.9 Å². The third-order valence-corrected chi connectivity index (χ3v) is 13.3. The molecule has 1 unspecified atom stereocenters. The smallest absolute Gasteiger partial charge is 0.293 e. The molecule has 3 saturated heterocycles. The summed E-state index contributed by atoms with van der Waals surface area (Å²) in [7, 11) is 3.17. The fourth-order valence-electron chi connectivity index (χ4n) is 9.07. The Hall–Kier alpha value is -6.84. The van der Waals surface area contributed by atoms with Crippen LogP contribution in [0, 0.1) is 11.8 Å². The number of piperidine rings is 2. The molecule has 18 heteroatoms. The maximum absolute atomic E-state index is 13.0. The number of imide groups is 1. The van der Waals surface area contributed by atoms with Gasteiger partial charge in [-0.15, -0.1) is 0 Å². The van der Waals surface area contributed by atoms with Crippen molar-refractivity contribution >= 4 is 63.6 Å². The Bertz CT molecular complexity index is 2860. The lowest BCUT2D eigenvalue weighted by Gasteiger charge is -2.35. The van der Waals surface area contributed by atoms with Gasteiger partial charge >= 0.3 is 0 Å². The van der Waals surface area contributed by atoms with Crippen molar-refractivity contribution in [2.24, 2.45) is 7.05 Å². The van der Waals surface area contributed by atoms with Gasteiger partial charge < -0.3 is 34.5 Å². The lowest BCUT2D eigenvalue weighted by Crippen LogP contribution is -2.52. The average molecular weight is 941 g/mol. The fourth-order valence-corrected chi connectivity index (χ4v) is 9.21. The van der Waals surface area contributed by atoms with Gasteiger partial charge in [0.1, 0.15) is 11.1 Å². The van der Waals surface area contributed by atoms with Gasteiger partial charge in [-0.2, -0.15) is 4.98 Å². The number of ether oxygens (including phenoxy) is 2. The van der Waals surface area contributed by atoms with Crippen LogP contribution in [0.3, 0.4) is 0 Å². The first-order valence-corrected chi connectivity index (χ1v) is 23.3. The third-order valence-electron chi connectivity index (χ3n) is 13.0. The first-order chi connectivity index (χ1) is 33.0. The van der Waals surface area contributed by atoms with Crippen LogP contribution in [0.1, 0.15) is 58.3 Å². The van der Waals surface area contributed by atoms with Crippen molar-refractivity contribution in [1.29, 1.82) is 0 Å². The van der Waals surface area contributed by atoms with Gasteiger partial charge in [0.2, 0.25) is 17.8 Å². The number of likely N-dealkylation sites (N-methyl/N-ethyl adjacent to an activating group) is 1. The molecule has 0 spiro atoms. The van der Waals surface area contributed by atoms with E-state index in [0.29, 0.717) is 53.1 Å². The number of hydrogen-bond acceptors (Lipinski definition) is 13. The van der Waals surface area contributed by atoms with Gasteiger partial charge in [0.15, 0.2) is 18.2 Å². The number of carbonyl (C=O) groups is 4. The maximum atomic E-state index is 13.0. The number of benzene rings is 3. The minimum absolute atomic E-state index is 0.0788. The number of amides is 4. The van der Waals surface area contributed by atoms with E-state index in [1.165, 1.54) is 17.2 Å². The van der Waals surface area contributed by atoms with Crippen LogP contribution >= 0.6 is 11.6 Å². The van der Waals surface area contributed by atoms with Crippen LogP contribution in [-0.4, -0.2) is 131 Å². The molecule has 4 aliphatic rings. The highest BCUT2D eigenvalue weighted by Crippen LogP contribution is 2.30. The average Bonchev–Trinajstić information content (AvgIpc) is 3.67. The molecule has 5 aromatic rings. The Balaban J connectivity index is 0.690. The zero-order valence-corrected chi connectivity index (χ0v) is 38.8. The van der Waals surface area contributed by atoms with Crippen molar-refractivity contribution in [3.05, 3.63) is 116 Å². The van der Waals surface area contributed by atoms with Gasteiger partial charge in [0.05, 0.1) is 24.4 Å². The second kappa shape index (κ2) is 20.6. The highest BCUT2D eigenvalue weighted by Gasteiger charge is 2.39. The number of carbonyl (C=O) groups excluding carboxylic acids is 4. The monoisotopic (exact) mass is 940 g/mol. The molecule has 0 radical (unpaired) electrons. The second-order valence-electron chi connectivity index (χ2n) is 17.5. The highest BCUT2D eigenvalue weighted by molar-refractivity contribution is 6.33. The van der Waals surface area contributed by atoms with E-state index in [4.69, 9.17) is 26.1 Å². The molecular weight excluding hydrogens is 888 g/mol. The molecule has 0 aliphatic carbocycles. The molecule has 68 heavy (non-hydrogen) atoms. The van der Waals surface area contributed by atoms with Gasteiger partial charge in [-0.3, -0.25) is 39.1 Å². The molecule has 3 aromatic carbocycles. The largest absolute Gasteiger partial charge is 0.478 e. The summed E-state index contributed by atoms with van der Waals surface area (Å²) in [6.07, 6.45) is 4.06. The lowest BCUT2D eigenvalue weighted by atomic mass is 10.0. The molecule has 0 bridgehead atoms. The van der Waals surface area contributed by atoms with E-state index in [-0.39, 0.29) is 48.2 Å². The fraction of sp³-hybridized carbons (Fsp3) is 0.380. The number of rotatable bonds is 13. The molecule has 4 aliphatic heterocycles. The minimum atomic E-state index is -0.637. The van der Waals surface area contributed by atoms with Gasteiger partial charge in [0.25, 0.3) is 17.4 Å². The normalized spacial score (nSPS) is 18.0. The zero-order valence-electron chi connectivity index (χ0n) is 38.1. The molecule has 9 rings (SSSR count). The van der Waals surface area contributed by atoms with Crippen molar-refractivity contribution in [2.75, 3.05) is 76.3 Å². The van der Waals surface area contributed by atoms with Crippen LogP contribution in [0.15, 0.2) is 77.7 Å². The predicted octanol–water partition coefficient (Wildman–Crippen LogP) is 3.81. The number of hydrogen-bond donors (Lipinski definition) is 3. The van der Waals surface area contributed by atoms with E-state index in [1.807, 2.05) is 42.5 Å². The molecule has 3 N–H and O–H groups in total. The standard InChI is InChI=1S/C50H53ClN10O7/c1-52-45(63)31-68-43-27-35-26-37(10-12-41(35)57(2)49(43)66)54-46-40(51)28-53-50(56-46)60-17-15-38(16-18-60)67-24-23-58-19-21-59(22-20-58)29-34-7-4-32(5-8-34)3-6-33-9-11-39-36(25-33)30-61(48(39)65)42-13-14-44(62)55-47(42)64/h4-5,7-12,25-28,38,42H,13-24,29-31H2,1-2H3,(H,52,63)(H,53,54,56)(H,55,62,64). The number of halogens is 1. The summed E-state index contributed by atoms with van der Waals surface area (Å²) in [5.41, 5.74) is 5.44. The summed E-state index contributed by atoms with van der Waals surface area (Å²) in [5.74, 6) is 6.37. The molecule has 6 heterocycles. The van der Waals surface area contributed by atoms with Crippen molar-refractivity contribution < 1.29 is 28.7 Å². The van der Waals surface area contributed by atoms with Crippen molar-refractivity contribution in [1.82, 2.24) is 39.9 Å². The minimum Gasteiger partial charge on any atom is -0.478 e. The van der Waals surface area contributed by atoms with Crippen molar-refractivity contribution in [3.63, 3.8) is 0 Å². The highest BCUT2D eigenvalue weighted by atomic mass is 35.5. The molecule has 3 fully saturated rings. The summed E-state index contributed by atoms with van der Waals surface area (Å²) >= 11 is 6.56. The SMILES string of the molecule is CNC(=O)COc1cc2cc(Nc3nc(N4CCC(OCCN5CCN(Cc6ccc(C#Cc7ccc8c(c7)CN(C7CCC(=O)NC7=O)C8=O)cc6)CC5)CC4)ncc3Cl)ccc2n(C)c1=O. The van der Waals surface area contributed by atoms with E-state index in [0.717, 1.165) is 87.3 Å². The van der Waals surface area contributed by atoms with Crippen LogP contribution < -0.4 is 31.1 Å². The van der Waals surface area contributed by atoms with Crippen LogP contribution in [0.4, 0.5) is 17.5 Å². The number of pyridine rings is 1. The maximum Gasteiger partial charge on any atom is 0.293 e. The van der Waals surface area contributed by atoms with Crippen molar-refractivity contribution in [3.8, 4) is 17.6 Å². The van der Waals surface area contributed by atoms with Gasteiger partial charge in [-0.25, -0.2) is 4.98 Å². The molecule has 4 amide bonds. The van der Waals surface area contributed by atoms with Gasteiger partial charge in [-0.1, -0.05) is 35.6 Å². The Morgan fingerprint density at radius 3 is 2.41 bits per heavy atom. The molecule has 0 saturated carbocycles.